The van der Waals surface area contributed by atoms with Gasteiger partial charge in [0, 0.05) is 46.8 Å². The predicted molar refractivity (Wildman–Crippen MR) is 125 cm³/mol. The number of ether oxygens (including phenoxy) is 1. The molecule has 0 aliphatic carbocycles. The zero-order chi connectivity index (χ0) is 18.8. The van der Waals surface area contributed by atoms with Crippen LogP contribution in [0.25, 0.3) is 0 Å². The van der Waals surface area contributed by atoms with E-state index in [1.807, 2.05) is 13.1 Å². The van der Waals surface area contributed by atoms with Crippen LogP contribution in [0.2, 0.25) is 0 Å². The predicted octanol–water partition coefficient (Wildman–Crippen LogP) is 3.50. The molecule has 1 aliphatic rings. The molecule has 1 unspecified atom stereocenters. The van der Waals surface area contributed by atoms with Gasteiger partial charge < -0.3 is 15.0 Å². The number of nitrogens with one attached hydrogen (secondary N) is 1. The van der Waals surface area contributed by atoms with Crippen molar-refractivity contribution in [3.63, 3.8) is 0 Å². The first-order chi connectivity index (χ1) is 12.6. The van der Waals surface area contributed by atoms with Crippen LogP contribution in [0, 0.1) is 0 Å². The van der Waals surface area contributed by atoms with E-state index in [0.717, 1.165) is 58.1 Å². The summed E-state index contributed by atoms with van der Waals surface area (Å²) in [6, 6.07) is 8.81. The van der Waals surface area contributed by atoms with Gasteiger partial charge >= 0.3 is 0 Å². The average Bonchev–Trinajstić information content (AvgIpc) is 2.63. The summed E-state index contributed by atoms with van der Waals surface area (Å²) in [5.74, 6) is 0.932. The van der Waals surface area contributed by atoms with E-state index in [1.165, 1.54) is 11.1 Å². The largest absolute Gasteiger partial charge is 0.376 e. The molecule has 0 bridgehead atoms. The molecule has 1 fully saturated rings. The highest BCUT2D eigenvalue weighted by molar-refractivity contribution is 14.0. The summed E-state index contributed by atoms with van der Waals surface area (Å²) in [6.07, 6.45) is 4.41. The number of nitrogens with zero attached hydrogens (tertiary/aromatic N) is 3. The summed E-state index contributed by atoms with van der Waals surface area (Å²) in [7, 11) is 3.91. The van der Waals surface area contributed by atoms with Crippen molar-refractivity contribution < 1.29 is 4.74 Å². The number of halogens is 1. The van der Waals surface area contributed by atoms with E-state index in [-0.39, 0.29) is 24.0 Å². The summed E-state index contributed by atoms with van der Waals surface area (Å²) in [6.45, 7) is 11.5. The van der Waals surface area contributed by atoms with Gasteiger partial charge in [-0.1, -0.05) is 30.3 Å². The van der Waals surface area contributed by atoms with Crippen LogP contribution < -0.4 is 5.32 Å². The number of aliphatic imine (C=N–C) groups is 1. The Labute approximate surface area is 181 Å². The van der Waals surface area contributed by atoms with Gasteiger partial charge in [0.05, 0.1) is 12.7 Å². The van der Waals surface area contributed by atoms with Gasteiger partial charge in [0.1, 0.15) is 0 Å². The Balaban J connectivity index is 0.00000364. The average molecular weight is 486 g/mol. The molecule has 1 aromatic carbocycles. The Bertz CT molecular complexity index is 593. The molecular formula is C21H35IN4O. The Hall–Kier alpha value is -1.12. The van der Waals surface area contributed by atoms with Crippen molar-refractivity contribution in [1.82, 2.24) is 15.1 Å². The topological polar surface area (TPSA) is 40.1 Å². The quantitative estimate of drug-likeness (QED) is 0.201. The fraction of sp³-hybridized carbons (Fsp3) is 0.571. The maximum absolute atomic E-state index is 5.63. The highest BCUT2D eigenvalue weighted by Crippen LogP contribution is 2.12. The molecule has 6 heteroatoms. The SMILES string of the molecule is C=CCCCN(C)C(=NC)NCc1cccc(CN2CCOC(C)C2)c1.I. The number of guanidine groups is 1. The van der Waals surface area contributed by atoms with E-state index in [0.29, 0.717) is 6.10 Å². The van der Waals surface area contributed by atoms with Crippen LogP contribution >= 0.6 is 24.0 Å². The summed E-state index contributed by atoms with van der Waals surface area (Å²) in [5, 5.41) is 3.47. The molecule has 0 radical (unpaired) electrons. The highest BCUT2D eigenvalue weighted by atomic mass is 127. The summed E-state index contributed by atoms with van der Waals surface area (Å²) < 4.78 is 5.63. The lowest BCUT2D eigenvalue weighted by molar-refractivity contribution is -0.0212. The molecule has 1 saturated heterocycles. The maximum Gasteiger partial charge on any atom is 0.193 e. The van der Waals surface area contributed by atoms with Gasteiger partial charge in [0.2, 0.25) is 0 Å². The molecule has 27 heavy (non-hydrogen) atoms. The molecule has 1 aromatic rings. The second-order valence-electron chi connectivity index (χ2n) is 6.99. The van der Waals surface area contributed by atoms with Crippen LogP contribution in [0.3, 0.4) is 0 Å². The van der Waals surface area contributed by atoms with Crippen LogP contribution in [0.1, 0.15) is 30.9 Å². The lowest BCUT2D eigenvalue weighted by Crippen LogP contribution is -2.40. The van der Waals surface area contributed by atoms with Crippen molar-refractivity contribution in [3.8, 4) is 0 Å². The third kappa shape index (κ3) is 8.62. The zero-order valence-electron chi connectivity index (χ0n) is 17.0. The minimum Gasteiger partial charge on any atom is -0.376 e. The van der Waals surface area contributed by atoms with E-state index in [1.54, 1.807) is 0 Å². The first kappa shape index (κ1) is 23.9. The number of rotatable bonds is 8. The Morgan fingerprint density at radius 1 is 1.44 bits per heavy atom. The van der Waals surface area contributed by atoms with E-state index < -0.39 is 0 Å². The number of allylic oxidation sites excluding steroid dienone is 1. The zero-order valence-corrected chi connectivity index (χ0v) is 19.3. The number of unbranched alkanes of at least 4 members (excludes halogenated alkanes) is 1. The Morgan fingerprint density at radius 2 is 2.22 bits per heavy atom. The molecular weight excluding hydrogens is 451 g/mol. The van der Waals surface area contributed by atoms with Crippen LogP contribution in [-0.4, -0.2) is 62.2 Å². The molecule has 0 saturated carbocycles. The van der Waals surface area contributed by atoms with Crippen LogP contribution in [0.4, 0.5) is 0 Å². The molecule has 152 valence electrons. The van der Waals surface area contributed by atoms with Crippen molar-refractivity contribution in [1.29, 1.82) is 0 Å². The Morgan fingerprint density at radius 3 is 2.93 bits per heavy atom. The molecule has 0 aromatic heterocycles. The fourth-order valence-corrected chi connectivity index (χ4v) is 3.27. The van der Waals surface area contributed by atoms with E-state index in [4.69, 9.17) is 4.74 Å². The van der Waals surface area contributed by atoms with Gasteiger partial charge in [-0.15, -0.1) is 30.6 Å². The molecule has 2 rings (SSSR count). The first-order valence-corrected chi connectivity index (χ1v) is 9.57. The second kappa shape index (κ2) is 13.1. The minimum absolute atomic E-state index is 0. The van der Waals surface area contributed by atoms with Gasteiger partial charge in [-0.25, -0.2) is 0 Å². The van der Waals surface area contributed by atoms with Crippen molar-refractivity contribution in [2.45, 2.75) is 39.0 Å². The number of hydrogen-bond acceptors (Lipinski definition) is 3. The number of hydrogen-bond donors (Lipinski definition) is 1. The van der Waals surface area contributed by atoms with Crippen LogP contribution in [-0.2, 0) is 17.8 Å². The van der Waals surface area contributed by atoms with Crippen molar-refractivity contribution in [2.75, 3.05) is 40.3 Å². The second-order valence-corrected chi connectivity index (χ2v) is 6.99. The lowest BCUT2D eigenvalue weighted by atomic mass is 10.1. The normalized spacial score (nSPS) is 17.9. The smallest absolute Gasteiger partial charge is 0.193 e. The van der Waals surface area contributed by atoms with E-state index in [2.05, 4.69) is 64.9 Å². The lowest BCUT2D eigenvalue weighted by Gasteiger charge is -2.31. The molecule has 5 nitrogen and oxygen atoms in total. The van der Waals surface area contributed by atoms with Gasteiger partial charge in [0.15, 0.2) is 5.96 Å². The van der Waals surface area contributed by atoms with Crippen molar-refractivity contribution >= 4 is 29.9 Å². The molecule has 1 atom stereocenters. The summed E-state index contributed by atoms with van der Waals surface area (Å²) >= 11 is 0. The third-order valence-corrected chi connectivity index (χ3v) is 4.65. The first-order valence-electron chi connectivity index (χ1n) is 9.57. The van der Waals surface area contributed by atoms with Gasteiger partial charge in [-0.2, -0.15) is 0 Å². The van der Waals surface area contributed by atoms with E-state index >= 15 is 0 Å². The van der Waals surface area contributed by atoms with Gasteiger partial charge in [0.25, 0.3) is 0 Å². The van der Waals surface area contributed by atoms with Gasteiger partial charge in [-0.3, -0.25) is 9.89 Å². The van der Waals surface area contributed by atoms with Crippen molar-refractivity contribution in [2.24, 2.45) is 4.99 Å². The van der Waals surface area contributed by atoms with Crippen molar-refractivity contribution in [3.05, 3.63) is 48.0 Å². The van der Waals surface area contributed by atoms with Crippen LogP contribution in [0.5, 0.6) is 0 Å². The maximum atomic E-state index is 5.63. The number of morpholine rings is 1. The molecule has 1 N–H and O–H groups in total. The summed E-state index contributed by atoms with van der Waals surface area (Å²) in [4.78, 5) is 9.02. The molecule has 0 amide bonds. The third-order valence-electron chi connectivity index (χ3n) is 4.65. The number of benzene rings is 1. The monoisotopic (exact) mass is 486 g/mol. The van der Waals surface area contributed by atoms with Gasteiger partial charge in [-0.05, 0) is 30.9 Å². The summed E-state index contributed by atoms with van der Waals surface area (Å²) in [5.41, 5.74) is 2.64. The molecule has 0 spiro atoms. The fourth-order valence-electron chi connectivity index (χ4n) is 3.27. The molecule has 1 heterocycles. The minimum atomic E-state index is 0. The Kier molecular flexibility index (Phi) is 11.6. The molecule has 1 aliphatic heterocycles. The van der Waals surface area contributed by atoms with Crippen LogP contribution in [0.15, 0.2) is 41.9 Å². The highest BCUT2D eigenvalue weighted by Gasteiger charge is 2.16. The standard InChI is InChI=1S/C21H34N4O.HI/c1-5-6-7-11-24(4)21(22-3)23-15-19-9-8-10-20(14-19)17-25-12-13-26-18(2)16-25;/h5,8-10,14,18H,1,6-7,11-13,15-17H2,2-4H3,(H,22,23);1H. The van der Waals surface area contributed by atoms with E-state index in [9.17, 15) is 0 Å².